The minimum atomic E-state index is 0.156. The third kappa shape index (κ3) is 2.51. The van der Waals surface area contributed by atoms with Crippen molar-refractivity contribution < 1.29 is 5.11 Å². The molecule has 0 heterocycles. The van der Waals surface area contributed by atoms with Crippen LogP contribution >= 0.6 is 0 Å². The highest BCUT2D eigenvalue weighted by Crippen LogP contribution is 2.27. The third-order valence-electron chi connectivity index (χ3n) is 2.77. The van der Waals surface area contributed by atoms with Gasteiger partial charge in [0.15, 0.2) is 0 Å². The molecule has 1 N–H and O–H groups in total. The van der Waals surface area contributed by atoms with Gasteiger partial charge in [-0.2, -0.15) is 0 Å². The van der Waals surface area contributed by atoms with Gasteiger partial charge in [0, 0.05) is 18.8 Å². The predicted molar refractivity (Wildman–Crippen MR) is 55.5 cm³/mol. The summed E-state index contributed by atoms with van der Waals surface area (Å²) in [4.78, 5) is 2.27. The second kappa shape index (κ2) is 4.35. The number of hydrogen-bond acceptors (Lipinski definition) is 2. The van der Waals surface area contributed by atoms with Crippen molar-refractivity contribution in [1.29, 1.82) is 0 Å². The molecule has 0 spiro atoms. The molecule has 0 amide bonds. The molecule has 1 fully saturated rings. The molecule has 2 heteroatoms. The Balaban J connectivity index is 2.58. The number of rotatable bonds is 4. The van der Waals surface area contributed by atoms with Crippen molar-refractivity contribution in [3.05, 3.63) is 24.1 Å². The smallest absolute Gasteiger partial charge is 0.110 e. The van der Waals surface area contributed by atoms with Crippen LogP contribution in [0.2, 0.25) is 0 Å². The van der Waals surface area contributed by atoms with Gasteiger partial charge in [0.25, 0.3) is 0 Å². The van der Waals surface area contributed by atoms with Gasteiger partial charge >= 0.3 is 0 Å². The summed E-state index contributed by atoms with van der Waals surface area (Å²) in [6.07, 6.45) is 6.62. The molecule has 0 saturated heterocycles. The zero-order chi connectivity index (χ0) is 9.84. The van der Waals surface area contributed by atoms with Crippen LogP contribution in [0, 0.1) is 0 Å². The van der Waals surface area contributed by atoms with E-state index in [9.17, 15) is 0 Å². The lowest BCUT2D eigenvalue weighted by molar-refractivity contribution is 0.195. The zero-order valence-corrected chi connectivity index (χ0v) is 8.58. The predicted octanol–water partition coefficient (Wildman–Crippen LogP) is 2.84. The summed E-state index contributed by atoms with van der Waals surface area (Å²) < 4.78 is 0. The molecule has 1 rings (SSSR count). The van der Waals surface area contributed by atoms with Crippen LogP contribution in [0.4, 0.5) is 0 Å². The minimum absolute atomic E-state index is 0.156. The first-order chi connectivity index (χ1) is 6.15. The van der Waals surface area contributed by atoms with Crippen LogP contribution in [0.15, 0.2) is 24.1 Å². The van der Waals surface area contributed by atoms with E-state index in [2.05, 4.69) is 25.5 Å². The van der Waals surface area contributed by atoms with Crippen LogP contribution in [0.5, 0.6) is 0 Å². The highest BCUT2D eigenvalue weighted by molar-refractivity contribution is 5.14. The van der Waals surface area contributed by atoms with E-state index in [1.807, 2.05) is 0 Å². The number of hydrogen-bond donors (Lipinski definition) is 1. The van der Waals surface area contributed by atoms with E-state index in [0.717, 1.165) is 6.42 Å². The monoisotopic (exact) mass is 181 g/mol. The highest BCUT2D eigenvalue weighted by Gasteiger charge is 2.22. The van der Waals surface area contributed by atoms with Gasteiger partial charge in [-0.25, -0.2) is 0 Å². The Morgan fingerprint density at radius 2 is 2.23 bits per heavy atom. The lowest BCUT2D eigenvalue weighted by atomic mass is 9.91. The van der Waals surface area contributed by atoms with Gasteiger partial charge in [0.1, 0.15) is 5.76 Å². The molecule has 0 aromatic heterocycles. The van der Waals surface area contributed by atoms with Crippen LogP contribution < -0.4 is 0 Å². The molecular weight excluding hydrogens is 162 g/mol. The van der Waals surface area contributed by atoms with Gasteiger partial charge in [-0.1, -0.05) is 13.5 Å². The standard InChI is InChI=1S/C11H19NO/c1-4-10(8-9(2)13)12(3)11-6-5-7-11/h8,11,13H,2,4-7H2,1,3H3/b10-8+. The van der Waals surface area contributed by atoms with Gasteiger partial charge in [-0.3, -0.25) is 0 Å². The Morgan fingerprint density at radius 3 is 2.54 bits per heavy atom. The van der Waals surface area contributed by atoms with Crippen LogP contribution in [0.3, 0.4) is 0 Å². The molecule has 0 bridgehead atoms. The van der Waals surface area contributed by atoms with E-state index in [0.29, 0.717) is 6.04 Å². The van der Waals surface area contributed by atoms with Gasteiger partial charge in [-0.05, 0) is 31.8 Å². The molecule has 2 nitrogen and oxygen atoms in total. The molecule has 1 aliphatic rings. The van der Waals surface area contributed by atoms with E-state index in [-0.39, 0.29) is 5.76 Å². The maximum Gasteiger partial charge on any atom is 0.110 e. The van der Waals surface area contributed by atoms with Crippen LogP contribution in [0.25, 0.3) is 0 Å². The molecule has 13 heavy (non-hydrogen) atoms. The second-order valence-electron chi connectivity index (χ2n) is 3.68. The Hall–Kier alpha value is -0.920. The first-order valence-electron chi connectivity index (χ1n) is 4.96. The van der Waals surface area contributed by atoms with Crippen molar-refractivity contribution in [3.8, 4) is 0 Å². The summed E-state index contributed by atoms with van der Waals surface area (Å²) in [6, 6.07) is 0.686. The summed E-state index contributed by atoms with van der Waals surface area (Å²) >= 11 is 0. The molecule has 1 aliphatic carbocycles. The van der Waals surface area contributed by atoms with Crippen LogP contribution in [-0.2, 0) is 0 Å². The molecular formula is C11H19NO. The van der Waals surface area contributed by atoms with E-state index < -0.39 is 0 Å². The molecule has 1 saturated carbocycles. The Kier molecular flexibility index (Phi) is 3.40. The molecule has 74 valence electrons. The molecule has 0 aromatic rings. The maximum atomic E-state index is 9.08. The number of allylic oxidation sites excluding steroid dienone is 2. The Labute approximate surface area is 80.6 Å². The van der Waals surface area contributed by atoms with Gasteiger partial charge in [0.05, 0.1) is 0 Å². The van der Waals surface area contributed by atoms with Crippen molar-refractivity contribution in [2.24, 2.45) is 0 Å². The fourth-order valence-electron chi connectivity index (χ4n) is 1.65. The number of aliphatic hydroxyl groups excluding tert-OH is 1. The first-order valence-corrected chi connectivity index (χ1v) is 4.96. The van der Waals surface area contributed by atoms with E-state index in [1.165, 1.54) is 25.0 Å². The van der Waals surface area contributed by atoms with E-state index >= 15 is 0 Å². The van der Waals surface area contributed by atoms with Crippen molar-refractivity contribution in [3.63, 3.8) is 0 Å². The summed E-state index contributed by atoms with van der Waals surface area (Å²) in [6.45, 7) is 5.58. The highest BCUT2D eigenvalue weighted by atomic mass is 16.3. The summed E-state index contributed by atoms with van der Waals surface area (Å²) in [7, 11) is 2.10. The number of aliphatic hydroxyl groups is 1. The number of nitrogens with zero attached hydrogens (tertiary/aromatic N) is 1. The molecule has 0 unspecified atom stereocenters. The summed E-state index contributed by atoms with van der Waals surface area (Å²) in [5, 5.41) is 9.08. The molecule has 0 aliphatic heterocycles. The fraction of sp³-hybridized carbons (Fsp3) is 0.636. The second-order valence-corrected chi connectivity index (χ2v) is 3.68. The van der Waals surface area contributed by atoms with Crippen LogP contribution in [0.1, 0.15) is 32.6 Å². The van der Waals surface area contributed by atoms with E-state index in [4.69, 9.17) is 5.11 Å². The lowest BCUT2D eigenvalue weighted by Crippen LogP contribution is -2.36. The largest absolute Gasteiger partial charge is 0.509 e. The molecule has 0 radical (unpaired) electrons. The summed E-state index contributed by atoms with van der Waals surface area (Å²) in [5.74, 6) is 0.156. The van der Waals surface area contributed by atoms with Crippen molar-refractivity contribution in [1.82, 2.24) is 4.90 Å². The van der Waals surface area contributed by atoms with Crippen molar-refractivity contribution in [2.75, 3.05) is 7.05 Å². The lowest BCUT2D eigenvalue weighted by Gasteiger charge is -2.37. The quantitative estimate of drug-likeness (QED) is 0.532. The Bertz CT molecular complexity index is 216. The van der Waals surface area contributed by atoms with Gasteiger partial charge < -0.3 is 10.0 Å². The first kappa shape index (κ1) is 10.2. The maximum absolute atomic E-state index is 9.08. The van der Waals surface area contributed by atoms with Crippen molar-refractivity contribution in [2.45, 2.75) is 38.6 Å². The average molecular weight is 181 g/mol. The fourth-order valence-corrected chi connectivity index (χ4v) is 1.65. The average Bonchev–Trinajstić information content (AvgIpc) is 1.96. The van der Waals surface area contributed by atoms with Crippen LogP contribution in [-0.4, -0.2) is 23.1 Å². The SMILES string of the molecule is C=C(O)/C=C(\CC)N(C)C1CCC1. The van der Waals surface area contributed by atoms with Gasteiger partial charge in [0.2, 0.25) is 0 Å². The third-order valence-corrected chi connectivity index (χ3v) is 2.77. The molecule has 0 atom stereocenters. The summed E-state index contributed by atoms with van der Waals surface area (Å²) in [5.41, 5.74) is 1.18. The minimum Gasteiger partial charge on any atom is -0.509 e. The molecule has 0 aromatic carbocycles. The zero-order valence-electron chi connectivity index (χ0n) is 8.58. The van der Waals surface area contributed by atoms with Gasteiger partial charge in [-0.15, -0.1) is 0 Å². The van der Waals surface area contributed by atoms with E-state index in [1.54, 1.807) is 6.08 Å². The Morgan fingerprint density at radius 1 is 1.62 bits per heavy atom. The van der Waals surface area contributed by atoms with Crippen molar-refractivity contribution >= 4 is 0 Å². The topological polar surface area (TPSA) is 23.5 Å². The normalized spacial score (nSPS) is 18.2.